The van der Waals surface area contributed by atoms with E-state index < -0.39 is 0 Å². The summed E-state index contributed by atoms with van der Waals surface area (Å²) in [6.45, 7) is 9.90. The summed E-state index contributed by atoms with van der Waals surface area (Å²) in [5, 5.41) is 2.85. The monoisotopic (exact) mass is 434 g/mol. The van der Waals surface area contributed by atoms with Crippen molar-refractivity contribution < 1.29 is 14.3 Å². The van der Waals surface area contributed by atoms with Crippen LogP contribution in [0.4, 0.5) is 0 Å². The topological polar surface area (TPSA) is 75.9 Å². The van der Waals surface area contributed by atoms with E-state index in [0.717, 1.165) is 33.7 Å². The van der Waals surface area contributed by atoms with Gasteiger partial charge in [0.25, 0.3) is 5.91 Å². The van der Waals surface area contributed by atoms with Gasteiger partial charge in [-0.25, -0.2) is 4.98 Å². The van der Waals surface area contributed by atoms with Crippen LogP contribution in [0.15, 0.2) is 36.5 Å². The molecule has 0 bridgehead atoms. The molecule has 0 aliphatic carbocycles. The molecular formula is C25H30N4O3. The van der Waals surface area contributed by atoms with E-state index in [-0.39, 0.29) is 17.9 Å². The molecule has 7 nitrogen and oxygen atoms in total. The number of imidazole rings is 1. The van der Waals surface area contributed by atoms with Crippen molar-refractivity contribution in [3.8, 4) is 11.3 Å². The first kappa shape index (κ1) is 22.0. The number of hydrogen-bond acceptors (Lipinski definition) is 4. The highest BCUT2D eigenvalue weighted by Gasteiger charge is 2.26. The number of hydrogen-bond donors (Lipinski definition) is 1. The molecule has 1 atom stereocenters. The van der Waals surface area contributed by atoms with Crippen molar-refractivity contribution in [3.63, 3.8) is 0 Å². The van der Waals surface area contributed by atoms with Gasteiger partial charge in [0.1, 0.15) is 5.65 Å². The number of benzene rings is 1. The lowest BCUT2D eigenvalue weighted by Crippen LogP contribution is -2.45. The molecule has 32 heavy (non-hydrogen) atoms. The van der Waals surface area contributed by atoms with Gasteiger partial charge < -0.3 is 19.4 Å². The number of fused-ring (bicyclic) bond motifs is 1. The van der Waals surface area contributed by atoms with Crippen LogP contribution < -0.4 is 5.32 Å². The first-order valence-electron chi connectivity index (χ1n) is 11.1. The molecule has 1 aliphatic heterocycles. The molecule has 168 valence electrons. The second-order valence-corrected chi connectivity index (χ2v) is 8.39. The van der Waals surface area contributed by atoms with E-state index in [1.165, 1.54) is 0 Å². The van der Waals surface area contributed by atoms with Crippen LogP contribution in [0, 0.1) is 13.8 Å². The molecular weight excluding hydrogens is 404 g/mol. The Morgan fingerprint density at radius 3 is 2.75 bits per heavy atom. The summed E-state index contributed by atoms with van der Waals surface area (Å²) in [6, 6.07) is 9.86. The fourth-order valence-electron chi connectivity index (χ4n) is 4.29. The van der Waals surface area contributed by atoms with Crippen LogP contribution in [-0.2, 0) is 16.0 Å². The largest absolute Gasteiger partial charge is 0.374 e. The molecule has 3 aromatic rings. The van der Waals surface area contributed by atoms with Crippen molar-refractivity contribution in [1.82, 2.24) is 19.6 Å². The van der Waals surface area contributed by atoms with E-state index in [0.29, 0.717) is 38.2 Å². The number of nitrogens with one attached hydrogen (secondary N) is 1. The number of carbonyl (C=O) groups is 2. The number of aryl methyl sites for hydroxylation is 2. The first-order chi connectivity index (χ1) is 15.4. The predicted molar refractivity (Wildman–Crippen MR) is 124 cm³/mol. The highest BCUT2D eigenvalue weighted by Crippen LogP contribution is 2.30. The maximum Gasteiger partial charge on any atom is 0.251 e. The summed E-state index contributed by atoms with van der Waals surface area (Å²) in [6.07, 6.45) is 2.59. The first-order valence-corrected chi connectivity index (χ1v) is 11.1. The van der Waals surface area contributed by atoms with Crippen LogP contribution in [-0.4, -0.2) is 58.4 Å². The van der Waals surface area contributed by atoms with Crippen LogP contribution in [0.1, 0.15) is 41.0 Å². The van der Waals surface area contributed by atoms with Gasteiger partial charge in [-0.3, -0.25) is 9.59 Å². The van der Waals surface area contributed by atoms with Gasteiger partial charge in [-0.1, -0.05) is 6.07 Å². The van der Waals surface area contributed by atoms with Gasteiger partial charge in [-0.05, 0) is 56.2 Å². The minimum atomic E-state index is -0.0949. The van der Waals surface area contributed by atoms with Crippen molar-refractivity contribution in [2.45, 2.75) is 40.2 Å². The van der Waals surface area contributed by atoms with Gasteiger partial charge in [-0.15, -0.1) is 0 Å². The van der Waals surface area contributed by atoms with Crippen LogP contribution in [0.2, 0.25) is 0 Å². The Bertz CT molecular complexity index is 1170. The van der Waals surface area contributed by atoms with Gasteiger partial charge >= 0.3 is 0 Å². The summed E-state index contributed by atoms with van der Waals surface area (Å²) >= 11 is 0. The third-order valence-electron chi connectivity index (χ3n) is 5.97. The Labute approximate surface area is 188 Å². The van der Waals surface area contributed by atoms with Gasteiger partial charge in [-0.2, -0.15) is 0 Å². The van der Waals surface area contributed by atoms with Gasteiger partial charge in [0, 0.05) is 50.3 Å². The minimum Gasteiger partial charge on any atom is -0.374 e. The van der Waals surface area contributed by atoms with Gasteiger partial charge in [0.05, 0.1) is 24.1 Å². The van der Waals surface area contributed by atoms with Crippen LogP contribution in [0.5, 0.6) is 0 Å². The Morgan fingerprint density at radius 2 is 2.03 bits per heavy atom. The average Bonchev–Trinajstić information content (AvgIpc) is 3.11. The predicted octanol–water partition coefficient (Wildman–Crippen LogP) is 3.16. The Kier molecular flexibility index (Phi) is 6.28. The van der Waals surface area contributed by atoms with Crippen molar-refractivity contribution >= 4 is 17.5 Å². The highest BCUT2D eigenvalue weighted by atomic mass is 16.5. The smallest absolute Gasteiger partial charge is 0.251 e. The zero-order valence-corrected chi connectivity index (χ0v) is 19.1. The normalized spacial score (nSPS) is 16.4. The molecule has 1 saturated heterocycles. The van der Waals surface area contributed by atoms with E-state index in [1.54, 1.807) is 6.92 Å². The second-order valence-electron chi connectivity index (χ2n) is 8.39. The summed E-state index contributed by atoms with van der Waals surface area (Å²) in [4.78, 5) is 30.9. The quantitative estimate of drug-likeness (QED) is 0.669. The Morgan fingerprint density at radius 1 is 1.22 bits per heavy atom. The minimum absolute atomic E-state index is 0.0732. The molecule has 4 rings (SSSR count). The molecule has 1 unspecified atom stereocenters. The molecule has 0 saturated carbocycles. The molecule has 7 heteroatoms. The standard InChI is InChI=1S/C25H30N4O3/c1-5-26-25(31)19-6-7-21(17(3)13-19)24-22(29-9-8-16(2)12-23(29)27-24)14-20-15-28(18(4)30)10-11-32-20/h6-9,12-13,20H,5,10-11,14-15H2,1-4H3,(H,26,31). The van der Waals surface area contributed by atoms with E-state index in [2.05, 4.69) is 28.8 Å². The summed E-state index contributed by atoms with van der Waals surface area (Å²) < 4.78 is 8.12. The lowest BCUT2D eigenvalue weighted by Gasteiger charge is -2.32. The number of nitrogens with zero attached hydrogens (tertiary/aromatic N) is 3. The fraction of sp³-hybridized carbons (Fsp3) is 0.400. The molecule has 1 aromatic carbocycles. The zero-order chi connectivity index (χ0) is 22.8. The molecule has 2 aromatic heterocycles. The van der Waals surface area contributed by atoms with Crippen LogP contribution >= 0.6 is 0 Å². The summed E-state index contributed by atoms with van der Waals surface area (Å²) in [5.74, 6) is -0.00277. The maximum atomic E-state index is 12.3. The van der Waals surface area contributed by atoms with Crippen molar-refractivity contribution in [3.05, 3.63) is 58.9 Å². The fourth-order valence-corrected chi connectivity index (χ4v) is 4.29. The molecule has 1 fully saturated rings. The van der Waals surface area contributed by atoms with Crippen LogP contribution in [0.25, 0.3) is 16.9 Å². The molecule has 1 N–H and O–H groups in total. The number of aromatic nitrogens is 2. The maximum absolute atomic E-state index is 12.3. The molecule has 0 radical (unpaired) electrons. The van der Waals surface area contributed by atoms with Crippen LogP contribution in [0.3, 0.4) is 0 Å². The zero-order valence-electron chi connectivity index (χ0n) is 19.1. The second kappa shape index (κ2) is 9.12. The number of ether oxygens (including phenoxy) is 1. The Balaban J connectivity index is 1.75. The summed E-state index contributed by atoms with van der Waals surface area (Å²) in [7, 11) is 0. The number of carbonyl (C=O) groups excluding carboxylic acids is 2. The molecule has 2 amide bonds. The Hall–Kier alpha value is -3.19. The lowest BCUT2D eigenvalue weighted by molar-refractivity contribution is -0.136. The number of amides is 2. The SMILES string of the molecule is CCNC(=O)c1ccc(-c2nc3cc(C)ccn3c2CC2CN(C(C)=O)CCO2)c(C)c1. The third kappa shape index (κ3) is 4.39. The van der Waals surface area contributed by atoms with E-state index in [4.69, 9.17) is 9.72 Å². The van der Waals surface area contributed by atoms with E-state index in [9.17, 15) is 9.59 Å². The highest BCUT2D eigenvalue weighted by molar-refractivity contribution is 5.95. The van der Waals surface area contributed by atoms with Gasteiger partial charge in [0.2, 0.25) is 5.91 Å². The van der Waals surface area contributed by atoms with Crippen molar-refractivity contribution in [2.24, 2.45) is 0 Å². The summed E-state index contributed by atoms with van der Waals surface area (Å²) in [5.41, 5.74) is 6.58. The van der Waals surface area contributed by atoms with Crippen molar-refractivity contribution in [2.75, 3.05) is 26.2 Å². The molecule has 0 spiro atoms. The van der Waals surface area contributed by atoms with E-state index >= 15 is 0 Å². The molecule has 1 aliphatic rings. The van der Waals surface area contributed by atoms with E-state index in [1.807, 2.05) is 43.1 Å². The molecule has 3 heterocycles. The lowest BCUT2D eigenvalue weighted by atomic mass is 9.99. The average molecular weight is 435 g/mol. The number of morpholine rings is 1. The number of pyridine rings is 1. The third-order valence-corrected chi connectivity index (χ3v) is 5.97. The van der Waals surface area contributed by atoms with Gasteiger partial charge in [0.15, 0.2) is 0 Å². The number of rotatable bonds is 5. The van der Waals surface area contributed by atoms with Crippen molar-refractivity contribution in [1.29, 1.82) is 0 Å².